The smallest absolute Gasteiger partial charge is 0.394 e. The van der Waals surface area contributed by atoms with Gasteiger partial charge in [0.15, 0.2) is 44.0 Å². The van der Waals surface area contributed by atoms with E-state index in [0.717, 1.165) is 0 Å². The fourth-order valence-corrected chi connectivity index (χ4v) is 11.9. The minimum Gasteiger partial charge on any atom is -0.394 e. The Hall–Kier alpha value is -0.920. The summed E-state index contributed by atoms with van der Waals surface area (Å²) in [4.78, 5) is 0. The van der Waals surface area contributed by atoms with Crippen LogP contribution in [0.3, 0.4) is 0 Å². The molecule has 21 saturated heterocycles. The van der Waals surface area contributed by atoms with E-state index in [0.29, 0.717) is 0 Å². The molecule has 21 aliphatic heterocycles. The number of ether oxygens (including phenoxy) is 14. The Bertz CT molecular complexity index is 2050. The molecule has 21 fully saturated rings. The SMILES string of the molecule is CCOP(=O)(Cl)OC[C@H]1O[C@@H]2O[C@H]3[C@H](O)[C@@H](O)[C@@H](O[C@H]4[C@H](O)[C@@H](O)[C@@H](O[C@H]5[C@H](O)[C@@H](O)[C@@H](O[C@H]6[C@H](O)[C@@H](O)[C@@H](O[C@H]7[C@H](O)[C@@H](O)[C@@H](O[C@H]8[C@H](O)[C@@H](O)[C@@H](O[C@H]1[C@H](O)[C@H]2O)O[C@@H]8CO)O[C@@H]7CO)O[C@@H]6CO)O[C@@H]5CO)O[C@@H]4CO)O[C@@H]3CO. The van der Waals surface area contributed by atoms with Gasteiger partial charge in [0.1, 0.15) is 171 Å². The highest BCUT2D eigenvalue weighted by molar-refractivity contribution is 7.81. The molecule has 39 heteroatoms. The molecule has 21 heterocycles. The number of aliphatic hydroxyl groups excluding tert-OH is 20. The molecule has 21 rings (SSSR count). The van der Waals surface area contributed by atoms with Crippen molar-refractivity contribution in [2.24, 2.45) is 0 Å². The van der Waals surface area contributed by atoms with Crippen molar-refractivity contribution in [1.29, 1.82) is 0 Å². The second-order valence-corrected chi connectivity index (χ2v) is 23.2. The molecule has 83 heavy (non-hydrogen) atoms. The molecular formula is C44H74ClO37P. The zero-order valence-corrected chi connectivity index (χ0v) is 45.2. The van der Waals surface area contributed by atoms with Gasteiger partial charge in [0.05, 0.1) is 52.9 Å². The minimum atomic E-state index is -4.48. The van der Waals surface area contributed by atoms with Gasteiger partial charge in [-0.25, -0.2) is 4.57 Å². The predicted octanol–water partition coefficient (Wildman–Crippen LogP) is -12.8. The zero-order valence-electron chi connectivity index (χ0n) is 43.6. The maximum atomic E-state index is 12.9. The molecule has 0 amide bonds. The highest BCUT2D eigenvalue weighted by atomic mass is 35.7. The van der Waals surface area contributed by atoms with Gasteiger partial charge < -0.3 is 168 Å². The Balaban J connectivity index is 1.10. The first-order valence-electron chi connectivity index (χ1n) is 26.3. The summed E-state index contributed by atoms with van der Waals surface area (Å²) < 4.78 is 103. The van der Waals surface area contributed by atoms with Crippen LogP contribution in [-0.4, -0.2) is 370 Å². The molecule has 0 aromatic heterocycles. The van der Waals surface area contributed by atoms with E-state index in [2.05, 4.69) is 0 Å². The third-order valence-corrected chi connectivity index (χ3v) is 16.9. The van der Waals surface area contributed by atoms with Crippen LogP contribution in [0.15, 0.2) is 0 Å². The summed E-state index contributed by atoms with van der Waals surface area (Å²) in [5.74, 6) is 0. The van der Waals surface area contributed by atoms with Gasteiger partial charge in [-0.2, -0.15) is 0 Å². The van der Waals surface area contributed by atoms with Crippen molar-refractivity contribution < 1.29 is 182 Å². The molecular weight excluding hydrogens is 1190 g/mol. The highest BCUT2D eigenvalue weighted by Crippen LogP contribution is 2.54. The largest absolute Gasteiger partial charge is 0.424 e. The number of aliphatic hydroxyl groups is 20. The summed E-state index contributed by atoms with van der Waals surface area (Å²) in [7, 11) is 0. The van der Waals surface area contributed by atoms with Gasteiger partial charge in [-0.15, -0.1) is 0 Å². The van der Waals surface area contributed by atoms with Gasteiger partial charge in [-0.05, 0) is 6.92 Å². The van der Waals surface area contributed by atoms with Crippen LogP contribution in [0.1, 0.15) is 6.92 Å². The number of rotatable bonds is 11. The standard InChI is InChI=1S/C44H74ClO37P/c1-2-67-83(45,66)68-9-16-37-23(58)30(65)44(75-16)81-36-15(8-51)73-42(28(63)21(36)56)79-34-13(6-49)71-40(26(61)19(34)54)77-32-11(4-47)69-38(24(59)17(32)52)76-31-10(3-46)70-39(25(60)18(31)53)78-33-12(5-48)72-41(27(62)20(33)55)80-35-14(7-50)74-43(82-37)29(64)22(35)57/h10-44,46-65H,2-9H2,1H3/t10-,11-,12-,13-,14-,15-,16-,17-,18-,19-,20-,21-,22-,23-,24-,25-,26-,27-,28-,29-,30-,31-,32-,33-,34-,35-,36-,37-,38-,39-,40-,41-,42-,43-,44-,83?/m1/s1. The molecule has 36 atom stereocenters. The van der Waals surface area contributed by atoms with Crippen molar-refractivity contribution in [2.75, 3.05) is 52.9 Å². The fourth-order valence-electron chi connectivity index (χ4n) is 10.8. The van der Waals surface area contributed by atoms with E-state index >= 15 is 0 Å². The van der Waals surface area contributed by atoms with E-state index in [-0.39, 0.29) is 6.61 Å². The summed E-state index contributed by atoms with van der Waals surface area (Å²) in [5.41, 5.74) is 0. The predicted molar refractivity (Wildman–Crippen MR) is 252 cm³/mol. The summed E-state index contributed by atoms with van der Waals surface area (Å²) >= 11 is 5.93. The maximum absolute atomic E-state index is 12.9. The van der Waals surface area contributed by atoms with Crippen LogP contribution in [0.25, 0.3) is 0 Å². The third-order valence-electron chi connectivity index (χ3n) is 15.3. The third kappa shape index (κ3) is 14.2. The van der Waals surface area contributed by atoms with Crippen molar-refractivity contribution in [3.8, 4) is 0 Å². The number of halogens is 1. The first-order chi connectivity index (χ1) is 39.4. The number of hydrogen-bond acceptors (Lipinski definition) is 37. The van der Waals surface area contributed by atoms with Gasteiger partial charge in [-0.3, -0.25) is 9.05 Å². The zero-order chi connectivity index (χ0) is 60.7. The van der Waals surface area contributed by atoms with Crippen LogP contribution in [0, 0.1) is 0 Å². The van der Waals surface area contributed by atoms with Crippen LogP contribution in [0.2, 0.25) is 0 Å². The van der Waals surface area contributed by atoms with Crippen LogP contribution < -0.4 is 0 Å². The lowest BCUT2D eigenvalue weighted by atomic mass is 9.95. The van der Waals surface area contributed by atoms with E-state index in [1.807, 2.05) is 0 Å². The summed E-state index contributed by atoms with van der Waals surface area (Å²) in [5, 5.41) is 222. The van der Waals surface area contributed by atoms with Crippen LogP contribution >= 0.6 is 18.2 Å². The highest BCUT2D eigenvalue weighted by Gasteiger charge is 2.60. The van der Waals surface area contributed by atoms with E-state index in [4.69, 9.17) is 86.6 Å². The summed E-state index contributed by atoms with van der Waals surface area (Å²) in [6.07, 6.45) is -72.0. The molecule has 0 radical (unpaired) electrons. The molecule has 21 aliphatic rings. The van der Waals surface area contributed by atoms with Crippen LogP contribution in [-0.2, 0) is 79.9 Å². The molecule has 0 aromatic rings. The van der Waals surface area contributed by atoms with Crippen molar-refractivity contribution in [1.82, 2.24) is 0 Å². The lowest BCUT2D eigenvalue weighted by Crippen LogP contribution is -2.68. The van der Waals surface area contributed by atoms with Gasteiger partial charge in [-0.1, -0.05) is 0 Å². The van der Waals surface area contributed by atoms with E-state index in [1.165, 1.54) is 6.92 Å². The van der Waals surface area contributed by atoms with Gasteiger partial charge >= 0.3 is 6.95 Å². The van der Waals surface area contributed by atoms with Crippen LogP contribution in [0.5, 0.6) is 0 Å². The Labute approximate surface area is 474 Å². The second kappa shape index (κ2) is 28.9. The Morgan fingerprint density at radius 1 is 0.289 bits per heavy atom. The van der Waals surface area contributed by atoms with Gasteiger partial charge in [0.25, 0.3) is 0 Å². The molecule has 484 valence electrons. The van der Waals surface area contributed by atoms with Crippen molar-refractivity contribution >= 4 is 18.2 Å². The van der Waals surface area contributed by atoms with Crippen molar-refractivity contribution in [2.45, 2.75) is 222 Å². The molecule has 0 saturated carbocycles. The topological polar surface area (TPSA) is 569 Å². The van der Waals surface area contributed by atoms with E-state index in [1.54, 1.807) is 0 Å². The average Bonchev–Trinajstić information content (AvgIpc) is 3.65. The normalized spacial score (nSPS) is 53.0. The summed E-state index contributed by atoms with van der Waals surface area (Å²) in [6.45, 7) is -10.8. The monoisotopic (exact) mass is 1260 g/mol. The fraction of sp³-hybridized carbons (Fsp3) is 1.00. The molecule has 0 aliphatic carbocycles. The quantitative estimate of drug-likeness (QED) is 0.0854. The van der Waals surface area contributed by atoms with Gasteiger partial charge in [0.2, 0.25) is 0 Å². The molecule has 37 nitrogen and oxygen atoms in total. The molecule has 1 unspecified atom stereocenters. The minimum absolute atomic E-state index is 0.258. The first-order valence-corrected chi connectivity index (χ1v) is 28.8. The lowest BCUT2D eigenvalue weighted by Gasteiger charge is -2.50. The van der Waals surface area contributed by atoms with Crippen molar-refractivity contribution in [3.05, 3.63) is 0 Å². The van der Waals surface area contributed by atoms with E-state index in [9.17, 15) is 107 Å². The van der Waals surface area contributed by atoms with Crippen molar-refractivity contribution in [3.63, 3.8) is 0 Å². The molecule has 0 aromatic carbocycles. The Morgan fingerprint density at radius 2 is 0.458 bits per heavy atom. The second-order valence-electron chi connectivity index (χ2n) is 20.6. The Kier molecular flexibility index (Phi) is 23.7. The van der Waals surface area contributed by atoms with Crippen LogP contribution in [0.4, 0.5) is 0 Å². The Morgan fingerprint density at radius 3 is 0.627 bits per heavy atom. The molecule has 0 spiro atoms. The van der Waals surface area contributed by atoms with E-state index < -0.39 is 268 Å². The average molecular weight is 1260 g/mol. The molecule has 20 N–H and O–H groups in total. The first kappa shape index (κ1) is 68.0. The van der Waals surface area contributed by atoms with Gasteiger partial charge in [0, 0.05) is 11.2 Å². The number of hydrogen-bond donors (Lipinski definition) is 20. The lowest BCUT2D eigenvalue weighted by molar-refractivity contribution is -0.396. The molecule has 14 bridgehead atoms. The summed E-state index contributed by atoms with van der Waals surface area (Å²) in [6, 6.07) is 0. The maximum Gasteiger partial charge on any atom is 0.424 e.